The molecule has 0 saturated carbocycles. The average molecular weight is 450 g/mol. The molecule has 2 aromatic heterocycles. The van der Waals surface area contributed by atoms with Gasteiger partial charge in [-0.1, -0.05) is 6.07 Å². The number of hydrogen-bond donors (Lipinski definition) is 3. The fourth-order valence-corrected chi connectivity index (χ4v) is 3.26. The standard InChI is InChI=1S/C20H15FN8O4/c21-11-8-25-29-14(19(32)28-20-22-3-4-23-20)6-13(27-17(11)29)18(31)24-7-10-1-2-15-12(5-10)26-16(30)9-33-15/h1-3,5-6,8H,4,7,9H2,(H,24,31)(H,26,30)(H,23,28,32). The first-order valence-corrected chi connectivity index (χ1v) is 9.74. The lowest BCUT2D eigenvalue weighted by Gasteiger charge is -2.18. The van der Waals surface area contributed by atoms with E-state index in [1.165, 1.54) is 12.3 Å². The molecule has 33 heavy (non-hydrogen) atoms. The van der Waals surface area contributed by atoms with Gasteiger partial charge in [0.05, 0.1) is 18.4 Å². The zero-order valence-corrected chi connectivity index (χ0v) is 16.8. The number of carbonyl (C=O) groups excluding carboxylic acids is 3. The van der Waals surface area contributed by atoms with Crippen molar-refractivity contribution in [1.29, 1.82) is 0 Å². The van der Waals surface area contributed by atoms with Crippen LogP contribution in [0.5, 0.6) is 5.75 Å². The molecular formula is C20H15FN8O4. The number of halogens is 1. The fraction of sp³-hybridized carbons (Fsp3) is 0.150. The van der Waals surface area contributed by atoms with Gasteiger partial charge in [0.2, 0.25) is 5.96 Å². The van der Waals surface area contributed by atoms with E-state index in [-0.39, 0.29) is 42.1 Å². The van der Waals surface area contributed by atoms with Crippen LogP contribution in [0, 0.1) is 5.82 Å². The normalized spacial score (nSPS) is 14.3. The third kappa shape index (κ3) is 3.98. The lowest BCUT2D eigenvalue weighted by atomic mass is 10.1. The van der Waals surface area contributed by atoms with Crippen LogP contribution >= 0.6 is 0 Å². The lowest BCUT2D eigenvalue weighted by molar-refractivity contribution is -0.118. The van der Waals surface area contributed by atoms with Gasteiger partial charge in [0.25, 0.3) is 17.7 Å². The van der Waals surface area contributed by atoms with Crippen molar-refractivity contribution in [3.63, 3.8) is 0 Å². The fourth-order valence-electron chi connectivity index (χ4n) is 3.26. The van der Waals surface area contributed by atoms with Gasteiger partial charge >= 0.3 is 0 Å². The van der Waals surface area contributed by atoms with Crippen molar-refractivity contribution in [3.05, 3.63) is 53.2 Å². The molecule has 4 heterocycles. The first-order chi connectivity index (χ1) is 16.0. The largest absolute Gasteiger partial charge is 0.482 e. The summed E-state index contributed by atoms with van der Waals surface area (Å²) >= 11 is 0. The Morgan fingerprint density at radius 2 is 2.12 bits per heavy atom. The molecule has 5 rings (SSSR count). The number of benzene rings is 1. The molecule has 0 atom stereocenters. The Bertz CT molecular complexity index is 1380. The molecule has 3 N–H and O–H groups in total. The van der Waals surface area contributed by atoms with Gasteiger partial charge in [-0.2, -0.15) is 5.10 Å². The van der Waals surface area contributed by atoms with Gasteiger partial charge in [-0.05, 0) is 17.7 Å². The van der Waals surface area contributed by atoms with Crippen LogP contribution in [-0.2, 0) is 11.3 Å². The number of fused-ring (bicyclic) bond motifs is 2. The second-order valence-electron chi connectivity index (χ2n) is 7.03. The molecular weight excluding hydrogens is 435 g/mol. The second kappa shape index (κ2) is 8.11. The second-order valence-corrected chi connectivity index (χ2v) is 7.03. The van der Waals surface area contributed by atoms with Gasteiger partial charge in [0.1, 0.15) is 17.1 Å². The van der Waals surface area contributed by atoms with Crippen molar-refractivity contribution in [2.75, 3.05) is 18.5 Å². The van der Waals surface area contributed by atoms with E-state index in [1.54, 1.807) is 18.2 Å². The Hall–Kier alpha value is -4.68. The highest BCUT2D eigenvalue weighted by atomic mass is 19.1. The first kappa shape index (κ1) is 20.2. The van der Waals surface area contributed by atoms with Crippen LogP contribution in [0.1, 0.15) is 26.5 Å². The maximum Gasteiger partial charge on any atom is 0.276 e. The predicted octanol–water partition coefficient (Wildman–Crippen LogP) is 0.299. The van der Waals surface area contributed by atoms with Crippen LogP contribution < -0.4 is 20.7 Å². The molecule has 3 aromatic rings. The van der Waals surface area contributed by atoms with E-state index in [4.69, 9.17) is 4.74 Å². The number of nitrogens with one attached hydrogen (secondary N) is 3. The maximum absolute atomic E-state index is 14.2. The van der Waals surface area contributed by atoms with E-state index in [0.717, 1.165) is 10.7 Å². The summed E-state index contributed by atoms with van der Waals surface area (Å²) in [5.41, 5.74) is 0.596. The minimum absolute atomic E-state index is 0.0575. The van der Waals surface area contributed by atoms with Crippen LogP contribution in [-0.4, -0.2) is 57.6 Å². The van der Waals surface area contributed by atoms with Crippen molar-refractivity contribution in [2.24, 2.45) is 9.98 Å². The summed E-state index contributed by atoms with van der Waals surface area (Å²) < 4.78 is 20.5. The molecule has 1 aromatic carbocycles. The zero-order valence-electron chi connectivity index (χ0n) is 16.8. The summed E-state index contributed by atoms with van der Waals surface area (Å²) in [5, 5.41) is 11.6. The SMILES string of the molecule is O=C1COc2ccc(CNC(=O)c3cc(C(=O)NC4=NCC=N4)n4ncc(F)c4n3)cc2N1. The van der Waals surface area contributed by atoms with Gasteiger partial charge in [-0.3, -0.25) is 19.7 Å². The predicted molar refractivity (Wildman–Crippen MR) is 113 cm³/mol. The summed E-state index contributed by atoms with van der Waals surface area (Å²) in [4.78, 5) is 48.8. The molecule has 0 radical (unpaired) electrons. The van der Waals surface area contributed by atoms with Crippen LogP contribution in [0.3, 0.4) is 0 Å². The van der Waals surface area contributed by atoms with Crippen LogP contribution in [0.4, 0.5) is 10.1 Å². The van der Waals surface area contributed by atoms with Crippen molar-refractivity contribution < 1.29 is 23.5 Å². The molecule has 0 spiro atoms. The highest BCUT2D eigenvalue weighted by Gasteiger charge is 2.21. The maximum atomic E-state index is 14.2. The monoisotopic (exact) mass is 450 g/mol. The Morgan fingerprint density at radius 1 is 1.24 bits per heavy atom. The smallest absolute Gasteiger partial charge is 0.276 e. The molecule has 0 unspecified atom stereocenters. The number of amides is 3. The third-order valence-corrected chi connectivity index (χ3v) is 4.79. The van der Waals surface area contributed by atoms with Crippen LogP contribution in [0.2, 0.25) is 0 Å². The minimum Gasteiger partial charge on any atom is -0.482 e. The van der Waals surface area contributed by atoms with E-state index in [0.29, 0.717) is 23.5 Å². The topological polar surface area (TPSA) is 151 Å². The van der Waals surface area contributed by atoms with Crippen LogP contribution in [0.15, 0.2) is 40.4 Å². The molecule has 0 saturated heterocycles. The molecule has 12 nitrogen and oxygen atoms in total. The molecule has 13 heteroatoms. The number of guanidine groups is 1. The third-order valence-electron chi connectivity index (χ3n) is 4.79. The number of aliphatic imine (C=N–C) groups is 2. The Kier molecular flexibility index (Phi) is 4.97. The Morgan fingerprint density at radius 3 is 2.94 bits per heavy atom. The lowest BCUT2D eigenvalue weighted by Crippen LogP contribution is -2.31. The molecule has 3 amide bonds. The van der Waals surface area contributed by atoms with E-state index < -0.39 is 17.6 Å². The Balaban J connectivity index is 1.37. The average Bonchev–Trinajstić information content (AvgIpc) is 3.46. The van der Waals surface area contributed by atoms with E-state index >= 15 is 0 Å². The number of anilines is 1. The van der Waals surface area contributed by atoms with E-state index in [2.05, 4.69) is 36.0 Å². The Labute approximate surface area is 184 Å². The van der Waals surface area contributed by atoms with Gasteiger partial charge in [0.15, 0.2) is 18.1 Å². The number of ether oxygens (including phenoxy) is 1. The van der Waals surface area contributed by atoms with Crippen molar-refractivity contribution in [2.45, 2.75) is 6.54 Å². The molecule has 0 bridgehead atoms. The van der Waals surface area contributed by atoms with E-state index in [9.17, 15) is 18.8 Å². The number of hydrogen-bond acceptors (Lipinski definition) is 8. The summed E-state index contributed by atoms with van der Waals surface area (Å²) in [6.45, 7) is 0.367. The number of rotatable bonds is 4. The number of aromatic nitrogens is 3. The summed E-state index contributed by atoms with van der Waals surface area (Å²) in [6, 6.07) is 6.27. The molecule has 0 aliphatic carbocycles. The quantitative estimate of drug-likeness (QED) is 0.520. The molecule has 166 valence electrons. The van der Waals surface area contributed by atoms with Crippen LogP contribution in [0.25, 0.3) is 5.65 Å². The highest BCUT2D eigenvalue weighted by molar-refractivity contribution is 6.09. The zero-order chi connectivity index (χ0) is 22.9. The summed E-state index contributed by atoms with van der Waals surface area (Å²) in [6.07, 6.45) is 2.41. The number of nitrogens with zero attached hydrogens (tertiary/aromatic N) is 5. The number of carbonyl (C=O) groups is 3. The van der Waals surface area contributed by atoms with Gasteiger partial charge in [0, 0.05) is 18.8 Å². The molecule has 2 aliphatic rings. The van der Waals surface area contributed by atoms with Gasteiger partial charge < -0.3 is 15.4 Å². The highest BCUT2D eigenvalue weighted by Crippen LogP contribution is 2.28. The summed E-state index contributed by atoms with van der Waals surface area (Å²) in [5.74, 6) is -1.75. The first-order valence-electron chi connectivity index (χ1n) is 9.74. The van der Waals surface area contributed by atoms with Gasteiger partial charge in [-0.15, -0.1) is 0 Å². The van der Waals surface area contributed by atoms with Crippen molar-refractivity contribution >= 4 is 41.2 Å². The molecule has 0 fully saturated rings. The van der Waals surface area contributed by atoms with E-state index in [1.807, 2.05) is 0 Å². The minimum atomic E-state index is -0.791. The molecule has 2 aliphatic heterocycles. The van der Waals surface area contributed by atoms with Gasteiger partial charge in [-0.25, -0.2) is 23.9 Å². The summed E-state index contributed by atoms with van der Waals surface area (Å²) in [7, 11) is 0. The van der Waals surface area contributed by atoms with Crippen molar-refractivity contribution in [3.8, 4) is 5.75 Å². The van der Waals surface area contributed by atoms with Crippen molar-refractivity contribution in [1.82, 2.24) is 25.2 Å².